The largest absolute Gasteiger partial charge is 0.292 e. The molecule has 0 amide bonds. The summed E-state index contributed by atoms with van der Waals surface area (Å²) in [7, 11) is 0. The van der Waals surface area contributed by atoms with E-state index < -0.39 is 0 Å². The third kappa shape index (κ3) is 3.10. The number of ketones is 1. The Balaban J connectivity index is 1.93. The Morgan fingerprint density at radius 2 is 2.40 bits per heavy atom. The third-order valence-corrected chi connectivity index (χ3v) is 4.98. The molecule has 0 N–H and O–H groups in total. The normalized spacial score (nSPS) is 10.5. The van der Waals surface area contributed by atoms with Gasteiger partial charge in [0.15, 0.2) is 10.1 Å². The van der Waals surface area contributed by atoms with E-state index in [0.717, 1.165) is 13.0 Å². The van der Waals surface area contributed by atoms with Crippen LogP contribution in [0.2, 0.25) is 0 Å². The highest BCUT2D eigenvalue weighted by Crippen LogP contribution is 2.25. The lowest BCUT2D eigenvalue weighted by atomic mass is 10.4. The molecule has 0 fully saturated rings. The summed E-state index contributed by atoms with van der Waals surface area (Å²) in [5, 5.41) is 0. The molecule has 0 saturated carbocycles. The number of nitrogens with zero attached hydrogens (tertiary/aromatic N) is 2. The van der Waals surface area contributed by atoms with E-state index >= 15 is 0 Å². The molecule has 0 aromatic carbocycles. The first kappa shape index (κ1) is 11.3. The maximum atomic E-state index is 11.7. The molecule has 2 aromatic rings. The molecule has 0 atom stereocenters. The van der Waals surface area contributed by atoms with Crippen LogP contribution < -0.4 is 0 Å². The molecule has 78 valence electrons. The molecule has 0 saturated heterocycles. The number of carbonyl (C=O) groups excluding carboxylic acids is 1. The summed E-state index contributed by atoms with van der Waals surface area (Å²) in [6.07, 6.45) is 1.50. The van der Waals surface area contributed by atoms with Crippen LogP contribution in [0.4, 0.5) is 0 Å². The Kier molecular flexibility index (Phi) is 3.90. The minimum atomic E-state index is 0.130. The van der Waals surface area contributed by atoms with Crippen molar-refractivity contribution in [2.75, 3.05) is 5.75 Å². The number of Topliss-reactive ketones (excluding diaryl/α,β-unsaturated/α-hetero) is 1. The number of thiophene rings is 1. The fraction of sp³-hybridized carbons (Fsp3) is 0.125. The molecule has 7 heteroatoms. The number of halogens is 1. The molecule has 2 rings (SSSR count). The van der Waals surface area contributed by atoms with Crippen LogP contribution in [0.15, 0.2) is 26.6 Å². The number of carbonyl (C=O) groups is 1. The van der Waals surface area contributed by atoms with Crippen molar-refractivity contribution >= 4 is 56.3 Å². The van der Waals surface area contributed by atoms with Crippen LogP contribution in [0.1, 0.15) is 9.67 Å². The van der Waals surface area contributed by atoms with Crippen molar-refractivity contribution < 1.29 is 4.79 Å². The zero-order chi connectivity index (χ0) is 10.7. The highest BCUT2D eigenvalue weighted by molar-refractivity contribution is 9.11. The Hall–Kier alpha value is -0.240. The molecule has 2 aromatic heterocycles. The van der Waals surface area contributed by atoms with Gasteiger partial charge in [0.05, 0.1) is 14.4 Å². The Morgan fingerprint density at radius 3 is 3.00 bits per heavy atom. The number of thioether (sulfide) groups is 1. The molecule has 0 bridgehead atoms. The Bertz CT molecular complexity index is 454. The van der Waals surface area contributed by atoms with E-state index in [2.05, 4.69) is 25.3 Å². The van der Waals surface area contributed by atoms with E-state index in [1.54, 1.807) is 0 Å². The second kappa shape index (κ2) is 5.20. The van der Waals surface area contributed by atoms with Crippen molar-refractivity contribution in [3.05, 3.63) is 27.1 Å². The summed E-state index contributed by atoms with van der Waals surface area (Å²) < 4.78 is 5.68. The van der Waals surface area contributed by atoms with E-state index in [9.17, 15) is 4.79 Å². The molecule has 0 aliphatic heterocycles. The lowest BCUT2D eigenvalue weighted by molar-refractivity contribution is 0.102. The molecule has 15 heavy (non-hydrogen) atoms. The highest BCUT2D eigenvalue weighted by Gasteiger charge is 2.10. The van der Waals surface area contributed by atoms with Crippen molar-refractivity contribution in [1.29, 1.82) is 0 Å². The van der Waals surface area contributed by atoms with Crippen molar-refractivity contribution in [1.82, 2.24) is 9.36 Å². The van der Waals surface area contributed by atoms with Gasteiger partial charge >= 0.3 is 0 Å². The molecule has 0 unspecified atom stereocenters. The predicted octanol–water partition coefficient (Wildman–Crippen LogP) is 3.34. The lowest BCUT2D eigenvalue weighted by Crippen LogP contribution is -1.98. The molecular formula is C8H5BrN2OS3. The second-order valence-corrected chi connectivity index (χ2v) is 6.99. The van der Waals surface area contributed by atoms with Gasteiger partial charge < -0.3 is 0 Å². The Labute approximate surface area is 107 Å². The minimum absolute atomic E-state index is 0.130. The SMILES string of the molecule is O=C(CSc1ncns1)c1ccc(Br)s1. The van der Waals surface area contributed by atoms with E-state index in [0.29, 0.717) is 5.75 Å². The van der Waals surface area contributed by atoms with Crippen molar-refractivity contribution in [2.24, 2.45) is 0 Å². The summed E-state index contributed by atoms with van der Waals surface area (Å²) in [6, 6.07) is 3.71. The monoisotopic (exact) mass is 320 g/mol. The summed E-state index contributed by atoms with van der Waals surface area (Å²) in [4.78, 5) is 16.5. The average Bonchev–Trinajstić information content (AvgIpc) is 2.84. The predicted molar refractivity (Wildman–Crippen MR) is 67.0 cm³/mol. The first-order valence-corrected chi connectivity index (χ1v) is 7.30. The maximum absolute atomic E-state index is 11.7. The van der Waals surface area contributed by atoms with Gasteiger partial charge in [-0.3, -0.25) is 4.79 Å². The smallest absolute Gasteiger partial charge is 0.183 e. The van der Waals surface area contributed by atoms with Gasteiger partial charge in [-0.05, 0) is 39.6 Å². The first-order chi connectivity index (χ1) is 7.25. The van der Waals surface area contributed by atoms with Gasteiger partial charge in [-0.2, -0.15) is 4.37 Å². The zero-order valence-electron chi connectivity index (χ0n) is 7.34. The van der Waals surface area contributed by atoms with Crippen LogP contribution in [0, 0.1) is 0 Å². The number of aromatic nitrogens is 2. The van der Waals surface area contributed by atoms with Crippen LogP contribution in [0.3, 0.4) is 0 Å². The lowest BCUT2D eigenvalue weighted by Gasteiger charge is -1.93. The van der Waals surface area contributed by atoms with Gasteiger partial charge in [0.2, 0.25) is 0 Å². The van der Waals surface area contributed by atoms with Crippen LogP contribution in [0.5, 0.6) is 0 Å². The van der Waals surface area contributed by atoms with E-state index in [-0.39, 0.29) is 5.78 Å². The summed E-state index contributed by atoms with van der Waals surface area (Å²) >= 11 is 7.52. The third-order valence-electron chi connectivity index (χ3n) is 1.52. The van der Waals surface area contributed by atoms with Gasteiger partial charge in [-0.15, -0.1) is 11.3 Å². The summed E-state index contributed by atoms with van der Waals surface area (Å²) in [6.45, 7) is 0. The van der Waals surface area contributed by atoms with E-state index in [1.807, 2.05) is 12.1 Å². The van der Waals surface area contributed by atoms with E-state index in [1.165, 1.54) is 41.0 Å². The Morgan fingerprint density at radius 1 is 1.53 bits per heavy atom. The summed E-state index contributed by atoms with van der Waals surface area (Å²) in [5.41, 5.74) is 0. The number of rotatable bonds is 4. The van der Waals surface area contributed by atoms with Crippen molar-refractivity contribution in [3.8, 4) is 0 Å². The van der Waals surface area contributed by atoms with E-state index in [4.69, 9.17) is 0 Å². The van der Waals surface area contributed by atoms with Crippen molar-refractivity contribution in [2.45, 2.75) is 4.34 Å². The minimum Gasteiger partial charge on any atom is -0.292 e. The zero-order valence-corrected chi connectivity index (χ0v) is 11.4. The molecule has 3 nitrogen and oxygen atoms in total. The number of hydrogen-bond acceptors (Lipinski definition) is 6. The van der Waals surface area contributed by atoms with Crippen LogP contribution in [-0.4, -0.2) is 20.9 Å². The van der Waals surface area contributed by atoms with Crippen LogP contribution >= 0.6 is 50.6 Å². The number of hydrogen-bond donors (Lipinski definition) is 0. The van der Waals surface area contributed by atoms with Gasteiger partial charge in [0.1, 0.15) is 6.33 Å². The first-order valence-electron chi connectivity index (χ1n) is 3.94. The van der Waals surface area contributed by atoms with Crippen LogP contribution in [-0.2, 0) is 0 Å². The van der Waals surface area contributed by atoms with Gasteiger partial charge in [-0.25, -0.2) is 4.98 Å². The topological polar surface area (TPSA) is 42.9 Å². The molecular weight excluding hydrogens is 316 g/mol. The van der Waals surface area contributed by atoms with Crippen LogP contribution in [0.25, 0.3) is 0 Å². The van der Waals surface area contributed by atoms with Gasteiger partial charge in [0, 0.05) is 0 Å². The molecule has 0 aliphatic rings. The molecule has 0 aliphatic carbocycles. The summed E-state index contributed by atoms with van der Waals surface area (Å²) in [5.74, 6) is 0.549. The maximum Gasteiger partial charge on any atom is 0.183 e. The van der Waals surface area contributed by atoms with Gasteiger partial charge in [-0.1, -0.05) is 11.8 Å². The highest BCUT2D eigenvalue weighted by atomic mass is 79.9. The van der Waals surface area contributed by atoms with Gasteiger partial charge in [0.25, 0.3) is 0 Å². The van der Waals surface area contributed by atoms with Crippen molar-refractivity contribution in [3.63, 3.8) is 0 Å². The average molecular weight is 321 g/mol. The second-order valence-electron chi connectivity index (χ2n) is 2.52. The molecule has 2 heterocycles. The quantitative estimate of drug-likeness (QED) is 0.640. The standard InChI is InChI=1S/C8H5BrN2OS3/c9-7-2-1-6(14-7)5(12)3-13-8-10-4-11-15-8/h1-2,4H,3H2. The molecule has 0 radical (unpaired) electrons. The fourth-order valence-corrected chi connectivity index (χ4v) is 3.63. The fourth-order valence-electron chi connectivity index (χ4n) is 0.889. The molecule has 0 spiro atoms.